The van der Waals surface area contributed by atoms with Crippen molar-refractivity contribution < 1.29 is 19.1 Å². The molecule has 0 radical (unpaired) electrons. The number of ether oxygens (including phenoxy) is 1. The van der Waals surface area contributed by atoms with E-state index in [-0.39, 0.29) is 30.0 Å². The van der Waals surface area contributed by atoms with Crippen LogP contribution in [-0.2, 0) is 25.7 Å². The van der Waals surface area contributed by atoms with Crippen LogP contribution in [0.1, 0.15) is 70.6 Å². The number of methoxy groups -OCH3 is 1. The smallest absolute Gasteiger partial charge is 0.243 e. The molecule has 0 saturated carbocycles. The number of carbonyl (C=O) groups excluding carboxylic acids is 3. The fourth-order valence-corrected chi connectivity index (χ4v) is 5.99. The number of rotatable bonds is 11. The molecule has 1 aromatic heterocycles. The van der Waals surface area contributed by atoms with Crippen LogP contribution in [0, 0.1) is 13.8 Å². The van der Waals surface area contributed by atoms with Crippen molar-refractivity contribution in [2.45, 2.75) is 90.3 Å². The van der Waals surface area contributed by atoms with Gasteiger partial charge in [-0.1, -0.05) is 62.4 Å². The largest absolute Gasteiger partial charge is 0.379 e. The highest BCUT2D eigenvalue weighted by molar-refractivity contribution is 8.01. The number of aryl methyl sites for hydroxylation is 2. The molecule has 0 spiro atoms. The van der Waals surface area contributed by atoms with E-state index >= 15 is 0 Å². The summed E-state index contributed by atoms with van der Waals surface area (Å²) in [6.45, 7) is 17.4. The van der Waals surface area contributed by atoms with Gasteiger partial charge in [0.1, 0.15) is 0 Å². The van der Waals surface area contributed by atoms with E-state index in [0.717, 1.165) is 48.1 Å². The molecule has 4 rings (SSSR count). The summed E-state index contributed by atoms with van der Waals surface area (Å²) >= 11 is 2.93. The van der Waals surface area contributed by atoms with Gasteiger partial charge in [0.2, 0.25) is 18.2 Å². The van der Waals surface area contributed by atoms with Crippen LogP contribution in [0.4, 0.5) is 5.69 Å². The lowest BCUT2D eigenvalue weighted by molar-refractivity contribution is -0.119. The van der Waals surface area contributed by atoms with Gasteiger partial charge < -0.3 is 20.7 Å². The van der Waals surface area contributed by atoms with Crippen molar-refractivity contribution in [2.75, 3.05) is 37.8 Å². The minimum absolute atomic E-state index is 0.0352. The monoisotopic (exact) mass is 683 g/mol. The van der Waals surface area contributed by atoms with E-state index < -0.39 is 0 Å². The Morgan fingerprint density at radius 1 is 1.06 bits per heavy atom. The minimum atomic E-state index is -0.304. The summed E-state index contributed by atoms with van der Waals surface area (Å²) < 4.78 is 5.76. The molecule has 0 atom stereocenters. The Hall–Kier alpha value is -3.25. The molecule has 2 heterocycles. The molecule has 47 heavy (non-hydrogen) atoms. The zero-order valence-corrected chi connectivity index (χ0v) is 30.9. The summed E-state index contributed by atoms with van der Waals surface area (Å²) in [5, 5.41) is 10.2. The summed E-state index contributed by atoms with van der Waals surface area (Å²) in [4.78, 5) is 41.9. The number of amides is 3. The third kappa shape index (κ3) is 15.9. The Bertz CT molecular complexity index is 1400. The topological polar surface area (TPSA) is 113 Å². The van der Waals surface area contributed by atoms with Crippen molar-refractivity contribution >= 4 is 47.0 Å². The third-order valence-electron chi connectivity index (χ3n) is 7.14. The molecule has 3 amide bonds. The first-order valence-corrected chi connectivity index (χ1v) is 18.0. The molecule has 1 saturated heterocycles. The number of hydrogen-bond donors (Lipinski definition) is 3. The van der Waals surface area contributed by atoms with Gasteiger partial charge in [-0.2, -0.15) is 0 Å². The van der Waals surface area contributed by atoms with Crippen LogP contribution < -0.4 is 16.0 Å². The fraction of sp³-hybridized carbons (Fsp3) is 0.500. The Morgan fingerprint density at radius 2 is 1.74 bits per heavy atom. The van der Waals surface area contributed by atoms with E-state index in [9.17, 15) is 14.4 Å². The maximum Gasteiger partial charge on any atom is 0.243 e. The molecule has 2 aromatic carbocycles. The molecule has 1 aliphatic rings. The number of piperidine rings is 1. The SMILES string of the molecule is CCC.COC(C)(C)C.Cc1ccc(CN2CCC(NC(=O)CSc3nc(-c4cccc(NC(=O)CNC=O)c4)cs3)CC2)cc1C. The number of anilines is 1. The second-order valence-electron chi connectivity index (χ2n) is 12.5. The van der Waals surface area contributed by atoms with Gasteiger partial charge >= 0.3 is 0 Å². The molecular formula is C36H53N5O4S2. The Labute approximate surface area is 289 Å². The maximum absolute atomic E-state index is 12.6. The number of nitrogens with zero attached hydrogens (tertiary/aromatic N) is 2. The van der Waals surface area contributed by atoms with Gasteiger partial charge in [0.05, 0.1) is 23.6 Å². The van der Waals surface area contributed by atoms with Crippen LogP contribution in [0.25, 0.3) is 11.3 Å². The van der Waals surface area contributed by atoms with Gasteiger partial charge in [0, 0.05) is 49.4 Å². The first kappa shape index (κ1) is 39.9. The molecule has 3 aromatic rings. The molecule has 0 unspecified atom stereocenters. The average Bonchev–Trinajstić information content (AvgIpc) is 3.52. The van der Waals surface area contributed by atoms with E-state index in [0.29, 0.717) is 17.9 Å². The number of nitrogens with one attached hydrogen (secondary N) is 3. The summed E-state index contributed by atoms with van der Waals surface area (Å²) in [5.41, 5.74) is 6.32. The van der Waals surface area contributed by atoms with Gasteiger partial charge in [0.25, 0.3) is 0 Å². The van der Waals surface area contributed by atoms with Crippen LogP contribution in [0.5, 0.6) is 0 Å². The number of hydrogen-bond acceptors (Lipinski definition) is 8. The lowest BCUT2D eigenvalue weighted by Crippen LogP contribution is -2.44. The molecule has 258 valence electrons. The van der Waals surface area contributed by atoms with Crippen molar-refractivity contribution in [3.63, 3.8) is 0 Å². The van der Waals surface area contributed by atoms with E-state index in [2.05, 4.69) is 71.7 Å². The first-order chi connectivity index (χ1) is 22.4. The maximum atomic E-state index is 12.6. The number of thiazole rings is 1. The summed E-state index contributed by atoms with van der Waals surface area (Å²) in [5.74, 6) is 0.0603. The highest BCUT2D eigenvalue weighted by Crippen LogP contribution is 2.29. The van der Waals surface area contributed by atoms with Gasteiger partial charge in [0.15, 0.2) is 4.34 Å². The van der Waals surface area contributed by atoms with Crippen LogP contribution in [-0.4, -0.2) is 72.2 Å². The lowest BCUT2D eigenvalue weighted by atomic mass is 10.0. The highest BCUT2D eigenvalue weighted by atomic mass is 32.2. The van der Waals surface area contributed by atoms with Gasteiger partial charge in [-0.15, -0.1) is 11.3 Å². The quantitative estimate of drug-likeness (QED) is 0.150. The first-order valence-electron chi connectivity index (χ1n) is 16.2. The van der Waals surface area contributed by atoms with Gasteiger partial charge in [-0.25, -0.2) is 4.98 Å². The standard InChI is InChI=1S/C28H33N5O3S2.C5H12O.C3H8/c1-19-6-7-21(12-20(19)2)15-33-10-8-23(9-11-33)30-27(36)17-38-28-32-25(16-37-28)22-4-3-5-24(13-22)31-26(35)14-29-18-34;1-5(2,3)6-4;1-3-2/h3-7,12-13,16,18,23H,8-11,14-15,17H2,1-2H3,(H,29,34)(H,30,36)(H,31,35);1-4H3;3H2,1-2H3. The van der Waals surface area contributed by atoms with E-state index in [4.69, 9.17) is 4.74 Å². The van der Waals surface area contributed by atoms with E-state index in [1.165, 1.54) is 46.2 Å². The Kier molecular flexibility index (Phi) is 17.7. The molecule has 1 fully saturated rings. The average molecular weight is 684 g/mol. The van der Waals surface area contributed by atoms with E-state index in [1.54, 1.807) is 13.2 Å². The molecule has 11 heteroatoms. The Morgan fingerprint density at radius 3 is 2.36 bits per heavy atom. The predicted octanol–water partition coefficient (Wildman–Crippen LogP) is 6.83. The molecule has 9 nitrogen and oxygen atoms in total. The van der Waals surface area contributed by atoms with Crippen LogP contribution >= 0.6 is 23.1 Å². The number of carbonyl (C=O) groups is 3. The van der Waals surface area contributed by atoms with Gasteiger partial charge in [-0.05, 0) is 76.3 Å². The molecule has 3 N–H and O–H groups in total. The van der Waals surface area contributed by atoms with Crippen molar-refractivity contribution in [2.24, 2.45) is 0 Å². The zero-order valence-electron chi connectivity index (χ0n) is 29.3. The second-order valence-corrected chi connectivity index (χ2v) is 14.6. The van der Waals surface area contributed by atoms with Crippen molar-refractivity contribution in [1.29, 1.82) is 0 Å². The van der Waals surface area contributed by atoms with Gasteiger partial charge in [-0.3, -0.25) is 19.3 Å². The lowest BCUT2D eigenvalue weighted by Gasteiger charge is -2.32. The predicted molar refractivity (Wildman–Crippen MR) is 196 cm³/mol. The van der Waals surface area contributed by atoms with Crippen LogP contribution in [0.15, 0.2) is 52.2 Å². The fourth-order valence-electron chi connectivity index (χ4n) is 4.34. The van der Waals surface area contributed by atoms with Crippen LogP contribution in [0.2, 0.25) is 0 Å². The van der Waals surface area contributed by atoms with Crippen molar-refractivity contribution in [3.8, 4) is 11.3 Å². The highest BCUT2D eigenvalue weighted by Gasteiger charge is 2.21. The normalized spacial score (nSPS) is 13.4. The summed E-state index contributed by atoms with van der Waals surface area (Å²) in [7, 11) is 1.71. The molecule has 1 aliphatic heterocycles. The molecule has 0 aliphatic carbocycles. The summed E-state index contributed by atoms with van der Waals surface area (Å²) in [6.07, 6.45) is 3.66. The molecule has 0 bridgehead atoms. The minimum Gasteiger partial charge on any atom is -0.379 e. The number of aromatic nitrogens is 1. The van der Waals surface area contributed by atoms with Crippen LogP contribution in [0.3, 0.4) is 0 Å². The molecular weight excluding hydrogens is 631 g/mol. The zero-order chi connectivity index (χ0) is 34.8. The van der Waals surface area contributed by atoms with Crippen molar-refractivity contribution in [1.82, 2.24) is 20.5 Å². The number of likely N-dealkylation sites (tertiary alicyclic amines) is 1. The number of thioether (sulfide) groups is 1. The number of benzene rings is 2. The van der Waals surface area contributed by atoms with E-state index in [1.807, 2.05) is 44.4 Å². The Balaban J connectivity index is 0.000000756. The third-order valence-corrected chi connectivity index (χ3v) is 9.16. The summed E-state index contributed by atoms with van der Waals surface area (Å²) in [6, 6.07) is 14.3. The van der Waals surface area contributed by atoms with Crippen molar-refractivity contribution in [3.05, 3.63) is 64.5 Å². The second kappa shape index (κ2) is 20.9.